The van der Waals surface area contributed by atoms with Gasteiger partial charge in [-0.05, 0) is 43.0 Å². The Morgan fingerprint density at radius 1 is 1.20 bits per heavy atom. The number of aromatic nitrogens is 1. The number of thioether (sulfide) groups is 1. The summed E-state index contributed by atoms with van der Waals surface area (Å²) in [6.45, 7) is 1.99. The first-order chi connectivity index (χ1) is 7.29. The molecular formula is C13H12NS. The van der Waals surface area contributed by atoms with Gasteiger partial charge in [-0.1, -0.05) is 12.1 Å². The summed E-state index contributed by atoms with van der Waals surface area (Å²) >= 11 is 1.73. The maximum atomic E-state index is 4.27. The normalized spacial score (nSPS) is 10.3. The van der Waals surface area contributed by atoms with Crippen molar-refractivity contribution in [3.8, 4) is 11.1 Å². The van der Waals surface area contributed by atoms with E-state index in [1.54, 1.807) is 11.8 Å². The lowest BCUT2D eigenvalue weighted by molar-refractivity contribution is 1.20. The van der Waals surface area contributed by atoms with Crippen LogP contribution in [0, 0.1) is 13.0 Å². The van der Waals surface area contributed by atoms with Crippen LogP contribution in [0.3, 0.4) is 0 Å². The number of benzene rings is 1. The van der Waals surface area contributed by atoms with E-state index < -0.39 is 0 Å². The molecule has 0 bridgehead atoms. The molecule has 0 aliphatic heterocycles. The maximum Gasteiger partial charge on any atom is 0.0373 e. The number of hydrogen-bond donors (Lipinski definition) is 0. The Labute approximate surface area is 94.6 Å². The molecule has 1 aromatic heterocycles. The Balaban J connectivity index is 2.33. The monoisotopic (exact) mass is 214 g/mol. The molecule has 2 rings (SSSR count). The molecule has 1 aromatic carbocycles. The summed E-state index contributed by atoms with van der Waals surface area (Å²) in [6, 6.07) is 13.6. The summed E-state index contributed by atoms with van der Waals surface area (Å²) in [5.74, 6) is 0. The van der Waals surface area contributed by atoms with Crippen LogP contribution in [-0.4, -0.2) is 11.2 Å². The van der Waals surface area contributed by atoms with E-state index in [0.717, 1.165) is 16.8 Å². The third kappa shape index (κ3) is 2.39. The fourth-order valence-electron chi connectivity index (χ4n) is 1.34. The fraction of sp³-hybridized carbons (Fsp3) is 0.154. The van der Waals surface area contributed by atoms with Gasteiger partial charge in [0.15, 0.2) is 0 Å². The van der Waals surface area contributed by atoms with Gasteiger partial charge >= 0.3 is 0 Å². The highest BCUT2D eigenvalue weighted by Gasteiger charge is 1.98. The van der Waals surface area contributed by atoms with Crippen LogP contribution in [0.1, 0.15) is 5.69 Å². The topological polar surface area (TPSA) is 12.9 Å². The van der Waals surface area contributed by atoms with Gasteiger partial charge < -0.3 is 0 Å². The molecule has 0 amide bonds. The molecular weight excluding hydrogens is 202 g/mol. The van der Waals surface area contributed by atoms with Gasteiger partial charge in [0.2, 0.25) is 0 Å². The van der Waals surface area contributed by atoms with Crippen molar-refractivity contribution in [1.29, 1.82) is 0 Å². The molecule has 2 aromatic rings. The molecule has 0 fully saturated rings. The number of hydrogen-bond acceptors (Lipinski definition) is 2. The van der Waals surface area contributed by atoms with E-state index in [-0.39, 0.29) is 0 Å². The SMILES string of the molecule is CSc1c[c]c(-c2ccc(C)nc2)cc1. The van der Waals surface area contributed by atoms with Crippen molar-refractivity contribution >= 4 is 11.8 Å². The number of pyridine rings is 1. The predicted molar refractivity (Wildman–Crippen MR) is 65.0 cm³/mol. The van der Waals surface area contributed by atoms with Crippen LogP contribution in [0.5, 0.6) is 0 Å². The summed E-state index contributed by atoms with van der Waals surface area (Å²) in [5.41, 5.74) is 3.26. The molecule has 0 aliphatic carbocycles. The average Bonchev–Trinajstić information content (AvgIpc) is 2.30. The van der Waals surface area contributed by atoms with Crippen LogP contribution in [0.25, 0.3) is 11.1 Å². The molecule has 15 heavy (non-hydrogen) atoms. The third-order valence-corrected chi connectivity index (χ3v) is 2.97. The Hall–Kier alpha value is -1.28. The lowest BCUT2D eigenvalue weighted by Crippen LogP contribution is -1.83. The van der Waals surface area contributed by atoms with Crippen molar-refractivity contribution in [2.75, 3.05) is 6.26 Å². The van der Waals surface area contributed by atoms with E-state index in [1.807, 2.05) is 25.3 Å². The summed E-state index contributed by atoms with van der Waals surface area (Å²) in [5, 5.41) is 0. The van der Waals surface area contributed by atoms with Gasteiger partial charge in [0.05, 0.1) is 0 Å². The summed E-state index contributed by atoms with van der Waals surface area (Å²) < 4.78 is 0. The van der Waals surface area contributed by atoms with Crippen LogP contribution in [-0.2, 0) is 0 Å². The number of rotatable bonds is 2. The molecule has 0 saturated heterocycles. The molecule has 0 atom stereocenters. The standard InChI is InChI=1S/C13H12NS/c1-10-3-4-12(9-14-10)11-5-7-13(15-2)8-6-11/h3-5,7-9H,1-2H3. The van der Waals surface area contributed by atoms with Gasteiger partial charge in [0.1, 0.15) is 0 Å². The largest absolute Gasteiger partial charge is 0.261 e. The van der Waals surface area contributed by atoms with Crippen molar-refractivity contribution in [3.63, 3.8) is 0 Å². The number of aryl methyl sites for hydroxylation is 1. The zero-order valence-electron chi connectivity index (χ0n) is 8.82. The zero-order chi connectivity index (χ0) is 10.7. The molecule has 1 nitrogen and oxygen atoms in total. The molecule has 0 unspecified atom stereocenters. The third-order valence-electron chi connectivity index (χ3n) is 2.24. The van der Waals surface area contributed by atoms with Gasteiger partial charge in [0.25, 0.3) is 0 Å². The van der Waals surface area contributed by atoms with Crippen molar-refractivity contribution in [3.05, 3.63) is 48.3 Å². The summed E-state index contributed by atoms with van der Waals surface area (Å²) in [7, 11) is 0. The quantitative estimate of drug-likeness (QED) is 0.709. The lowest BCUT2D eigenvalue weighted by atomic mass is 10.1. The van der Waals surface area contributed by atoms with Crippen molar-refractivity contribution in [2.24, 2.45) is 0 Å². The van der Waals surface area contributed by atoms with Gasteiger partial charge in [0, 0.05) is 22.3 Å². The number of nitrogens with zero attached hydrogens (tertiary/aromatic N) is 1. The minimum absolute atomic E-state index is 1.04. The first-order valence-corrected chi connectivity index (χ1v) is 6.01. The molecule has 0 N–H and O–H groups in total. The summed E-state index contributed by atoms with van der Waals surface area (Å²) in [4.78, 5) is 5.51. The van der Waals surface area contributed by atoms with Crippen LogP contribution in [0.2, 0.25) is 0 Å². The average molecular weight is 214 g/mol. The Morgan fingerprint density at radius 3 is 2.60 bits per heavy atom. The van der Waals surface area contributed by atoms with Crippen molar-refractivity contribution in [2.45, 2.75) is 11.8 Å². The fourth-order valence-corrected chi connectivity index (χ4v) is 1.73. The second-order valence-corrected chi connectivity index (χ2v) is 4.21. The van der Waals surface area contributed by atoms with E-state index in [4.69, 9.17) is 0 Å². The van der Waals surface area contributed by atoms with Crippen LogP contribution < -0.4 is 0 Å². The smallest absolute Gasteiger partial charge is 0.0373 e. The van der Waals surface area contributed by atoms with E-state index >= 15 is 0 Å². The highest BCUT2D eigenvalue weighted by atomic mass is 32.2. The Bertz CT molecular complexity index is 431. The highest BCUT2D eigenvalue weighted by Crippen LogP contribution is 2.21. The van der Waals surface area contributed by atoms with Crippen molar-refractivity contribution < 1.29 is 0 Å². The maximum absolute atomic E-state index is 4.27. The minimum Gasteiger partial charge on any atom is -0.261 e. The second kappa shape index (κ2) is 4.49. The molecule has 75 valence electrons. The van der Waals surface area contributed by atoms with Crippen molar-refractivity contribution in [1.82, 2.24) is 4.98 Å². The van der Waals surface area contributed by atoms with Crippen LogP contribution in [0.15, 0.2) is 41.4 Å². The van der Waals surface area contributed by atoms with Gasteiger partial charge in [-0.2, -0.15) is 0 Å². The molecule has 0 saturated carbocycles. The molecule has 2 heteroatoms. The predicted octanol–water partition coefficient (Wildman–Crippen LogP) is 3.58. The van der Waals surface area contributed by atoms with Gasteiger partial charge in [-0.25, -0.2) is 0 Å². The first kappa shape index (κ1) is 10.2. The van der Waals surface area contributed by atoms with E-state index in [9.17, 15) is 0 Å². The first-order valence-electron chi connectivity index (χ1n) is 4.78. The van der Waals surface area contributed by atoms with E-state index in [2.05, 4.69) is 35.5 Å². The molecule has 1 radical (unpaired) electrons. The highest BCUT2D eigenvalue weighted by molar-refractivity contribution is 7.98. The van der Waals surface area contributed by atoms with E-state index in [0.29, 0.717) is 0 Å². The summed E-state index contributed by atoms with van der Waals surface area (Å²) in [6.07, 6.45) is 3.95. The molecule has 0 spiro atoms. The second-order valence-electron chi connectivity index (χ2n) is 3.33. The molecule has 0 aliphatic rings. The van der Waals surface area contributed by atoms with Gasteiger partial charge in [-0.15, -0.1) is 11.8 Å². The van der Waals surface area contributed by atoms with E-state index in [1.165, 1.54) is 4.90 Å². The molecule has 1 heterocycles. The van der Waals surface area contributed by atoms with Crippen LogP contribution >= 0.6 is 11.8 Å². The van der Waals surface area contributed by atoms with Gasteiger partial charge in [-0.3, -0.25) is 4.98 Å². The Morgan fingerprint density at radius 2 is 2.07 bits per heavy atom. The zero-order valence-corrected chi connectivity index (χ0v) is 9.64. The minimum atomic E-state index is 1.04. The lowest BCUT2D eigenvalue weighted by Gasteiger charge is -2.02. The van der Waals surface area contributed by atoms with Crippen LogP contribution in [0.4, 0.5) is 0 Å². The Kier molecular flexibility index (Phi) is 3.07.